The van der Waals surface area contributed by atoms with Gasteiger partial charge in [-0.15, -0.1) is 0 Å². The Morgan fingerprint density at radius 1 is 1.31 bits per heavy atom. The van der Waals surface area contributed by atoms with Crippen LogP contribution in [0.25, 0.3) is 0 Å². The Morgan fingerprint density at radius 2 is 1.85 bits per heavy atom. The highest BCUT2D eigenvalue weighted by Gasteiger charge is 2.37. The molecule has 2 unspecified atom stereocenters. The summed E-state index contributed by atoms with van der Waals surface area (Å²) >= 11 is 0. The molecule has 13 heavy (non-hydrogen) atoms. The van der Waals surface area contributed by atoms with E-state index < -0.39 is 0 Å². The molecule has 78 valence electrons. The van der Waals surface area contributed by atoms with Gasteiger partial charge < -0.3 is 5.32 Å². The molecule has 1 heteroatoms. The van der Waals surface area contributed by atoms with Crippen molar-refractivity contribution in [1.82, 2.24) is 5.32 Å². The van der Waals surface area contributed by atoms with E-state index in [0.717, 1.165) is 18.4 Å². The van der Waals surface area contributed by atoms with Crippen LogP contribution >= 0.6 is 0 Å². The van der Waals surface area contributed by atoms with E-state index in [4.69, 9.17) is 0 Å². The smallest absolute Gasteiger partial charge is 0.0144 e. The summed E-state index contributed by atoms with van der Waals surface area (Å²) in [6, 6.07) is 0.685. The lowest BCUT2D eigenvalue weighted by Gasteiger charge is -2.36. The average molecular weight is 183 g/mol. The van der Waals surface area contributed by atoms with Gasteiger partial charge in [0.25, 0.3) is 0 Å². The molecule has 1 N–H and O–H groups in total. The molecule has 1 aliphatic rings. The van der Waals surface area contributed by atoms with Crippen molar-refractivity contribution >= 4 is 0 Å². The first-order chi connectivity index (χ1) is 5.96. The third kappa shape index (κ3) is 2.98. The summed E-state index contributed by atoms with van der Waals surface area (Å²) < 4.78 is 0. The maximum atomic E-state index is 3.64. The highest BCUT2D eigenvalue weighted by molar-refractivity contribution is 4.92. The molecule has 0 spiro atoms. The maximum absolute atomic E-state index is 3.64. The van der Waals surface area contributed by atoms with E-state index in [9.17, 15) is 0 Å². The number of hydrogen-bond acceptors (Lipinski definition) is 1. The molecule has 0 aromatic rings. The van der Waals surface area contributed by atoms with E-state index in [0.29, 0.717) is 11.5 Å². The highest BCUT2D eigenvalue weighted by Crippen LogP contribution is 2.42. The standard InChI is InChI=1S/C12H25N/c1-6-13-11(12(3,4)5)9(2)10-7-8-10/h9-11,13H,6-8H2,1-5H3. The third-order valence-electron chi connectivity index (χ3n) is 3.25. The van der Waals surface area contributed by atoms with E-state index in [1.54, 1.807) is 0 Å². The third-order valence-corrected chi connectivity index (χ3v) is 3.25. The van der Waals surface area contributed by atoms with Gasteiger partial charge in [-0.3, -0.25) is 0 Å². The normalized spacial score (nSPS) is 22.8. The zero-order valence-electron chi connectivity index (χ0n) is 9.85. The highest BCUT2D eigenvalue weighted by atomic mass is 14.9. The largest absolute Gasteiger partial charge is 0.313 e. The van der Waals surface area contributed by atoms with E-state index in [-0.39, 0.29) is 0 Å². The molecule has 0 amide bonds. The minimum atomic E-state index is 0.401. The summed E-state index contributed by atoms with van der Waals surface area (Å²) in [7, 11) is 0. The van der Waals surface area contributed by atoms with Gasteiger partial charge in [-0.05, 0) is 36.6 Å². The molecule has 1 saturated carbocycles. The minimum absolute atomic E-state index is 0.401. The lowest BCUT2D eigenvalue weighted by Crippen LogP contribution is -2.45. The van der Waals surface area contributed by atoms with Gasteiger partial charge in [0.05, 0.1) is 0 Å². The molecule has 0 saturated heterocycles. The fourth-order valence-corrected chi connectivity index (χ4v) is 2.39. The van der Waals surface area contributed by atoms with Gasteiger partial charge in [-0.25, -0.2) is 0 Å². The lowest BCUT2D eigenvalue weighted by molar-refractivity contribution is 0.189. The van der Waals surface area contributed by atoms with Crippen molar-refractivity contribution in [1.29, 1.82) is 0 Å². The van der Waals surface area contributed by atoms with Crippen molar-refractivity contribution in [2.45, 2.75) is 53.5 Å². The number of rotatable bonds is 4. The van der Waals surface area contributed by atoms with Crippen molar-refractivity contribution in [2.75, 3.05) is 6.54 Å². The molecular weight excluding hydrogens is 158 g/mol. The van der Waals surface area contributed by atoms with Crippen LogP contribution in [0.5, 0.6) is 0 Å². The molecule has 1 aliphatic carbocycles. The van der Waals surface area contributed by atoms with Crippen LogP contribution in [0.15, 0.2) is 0 Å². The van der Waals surface area contributed by atoms with Crippen LogP contribution in [-0.2, 0) is 0 Å². The SMILES string of the molecule is CCNC(C(C)C1CC1)C(C)(C)C. The van der Waals surface area contributed by atoms with Gasteiger partial charge in [0.1, 0.15) is 0 Å². The van der Waals surface area contributed by atoms with Crippen LogP contribution < -0.4 is 5.32 Å². The minimum Gasteiger partial charge on any atom is -0.313 e. The zero-order chi connectivity index (χ0) is 10.1. The van der Waals surface area contributed by atoms with Crippen molar-refractivity contribution in [3.63, 3.8) is 0 Å². The zero-order valence-corrected chi connectivity index (χ0v) is 9.85. The van der Waals surface area contributed by atoms with E-state index in [1.807, 2.05) is 0 Å². The second kappa shape index (κ2) is 4.00. The molecule has 0 bridgehead atoms. The van der Waals surface area contributed by atoms with Gasteiger partial charge in [-0.1, -0.05) is 34.6 Å². The second-order valence-corrected chi connectivity index (χ2v) is 5.60. The molecule has 1 fully saturated rings. The monoisotopic (exact) mass is 183 g/mol. The first kappa shape index (κ1) is 11.0. The van der Waals surface area contributed by atoms with Crippen LogP contribution in [0.4, 0.5) is 0 Å². The second-order valence-electron chi connectivity index (χ2n) is 5.60. The summed E-state index contributed by atoms with van der Waals surface area (Å²) in [4.78, 5) is 0. The average Bonchev–Trinajstić information content (AvgIpc) is 2.78. The molecule has 0 heterocycles. The Bertz CT molecular complexity index is 153. The van der Waals surface area contributed by atoms with Crippen LogP contribution in [-0.4, -0.2) is 12.6 Å². The summed E-state index contributed by atoms with van der Waals surface area (Å²) in [5.41, 5.74) is 0.401. The lowest BCUT2D eigenvalue weighted by atomic mass is 9.77. The summed E-state index contributed by atoms with van der Waals surface area (Å²) in [5.74, 6) is 1.85. The summed E-state index contributed by atoms with van der Waals surface area (Å²) in [6.45, 7) is 12.8. The van der Waals surface area contributed by atoms with Crippen molar-refractivity contribution in [3.05, 3.63) is 0 Å². The molecule has 1 rings (SSSR count). The number of nitrogens with one attached hydrogen (secondary N) is 1. The van der Waals surface area contributed by atoms with Gasteiger partial charge in [0.15, 0.2) is 0 Å². The topological polar surface area (TPSA) is 12.0 Å². The van der Waals surface area contributed by atoms with E-state index in [1.165, 1.54) is 12.8 Å². The summed E-state index contributed by atoms with van der Waals surface area (Å²) in [6.07, 6.45) is 2.91. The van der Waals surface area contributed by atoms with E-state index >= 15 is 0 Å². The van der Waals surface area contributed by atoms with Gasteiger partial charge in [-0.2, -0.15) is 0 Å². The molecular formula is C12H25N. The maximum Gasteiger partial charge on any atom is 0.0144 e. The van der Waals surface area contributed by atoms with E-state index in [2.05, 4.69) is 39.9 Å². The van der Waals surface area contributed by atoms with Crippen LogP contribution in [0, 0.1) is 17.3 Å². The van der Waals surface area contributed by atoms with Crippen molar-refractivity contribution in [3.8, 4) is 0 Å². The van der Waals surface area contributed by atoms with Crippen LogP contribution in [0.3, 0.4) is 0 Å². The quantitative estimate of drug-likeness (QED) is 0.706. The van der Waals surface area contributed by atoms with Crippen molar-refractivity contribution < 1.29 is 0 Å². The first-order valence-corrected chi connectivity index (χ1v) is 5.70. The van der Waals surface area contributed by atoms with Gasteiger partial charge >= 0.3 is 0 Å². The van der Waals surface area contributed by atoms with Gasteiger partial charge in [0.2, 0.25) is 0 Å². The Labute approximate surface area is 83.3 Å². The predicted molar refractivity (Wildman–Crippen MR) is 58.8 cm³/mol. The predicted octanol–water partition coefficient (Wildman–Crippen LogP) is 3.06. The molecule has 0 aromatic carbocycles. The molecule has 0 aliphatic heterocycles. The summed E-state index contributed by atoms with van der Waals surface area (Å²) in [5, 5.41) is 3.64. The van der Waals surface area contributed by atoms with Gasteiger partial charge in [0, 0.05) is 6.04 Å². The Kier molecular flexibility index (Phi) is 3.39. The molecule has 1 nitrogen and oxygen atoms in total. The Morgan fingerprint density at radius 3 is 2.15 bits per heavy atom. The fraction of sp³-hybridized carbons (Fsp3) is 1.00. The Hall–Kier alpha value is -0.0400. The molecule has 0 radical (unpaired) electrons. The van der Waals surface area contributed by atoms with Crippen LogP contribution in [0.1, 0.15) is 47.5 Å². The van der Waals surface area contributed by atoms with Crippen LogP contribution in [0.2, 0.25) is 0 Å². The fourth-order valence-electron chi connectivity index (χ4n) is 2.39. The first-order valence-electron chi connectivity index (χ1n) is 5.70. The molecule has 0 aromatic heterocycles. The molecule has 2 atom stereocenters. The van der Waals surface area contributed by atoms with Crippen molar-refractivity contribution in [2.24, 2.45) is 17.3 Å². The Balaban J connectivity index is 2.54. The number of hydrogen-bond donors (Lipinski definition) is 1.